The monoisotopic (exact) mass is 228 g/mol. The molecule has 4 heteroatoms. The Morgan fingerprint density at radius 3 is 2.79 bits per heavy atom. The van der Waals surface area contributed by atoms with Crippen molar-refractivity contribution in [1.29, 1.82) is 0 Å². The minimum Gasteiger partial charge on any atom is -0.458 e. The van der Waals surface area contributed by atoms with Crippen molar-refractivity contribution < 1.29 is 9.53 Å². The Morgan fingerprint density at radius 1 is 1.50 bits per heavy atom. The van der Waals surface area contributed by atoms with Crippen LogP contribution in [0.25, 0.3) is 0 Å². The fourth-order valence-electron chi connectivity index (χ4n) is 1.65. The van der Waals surface area contributed by atoms with Gasteiger partial charge in [-0.15, -0.1) is 24.0 Å². The molecule has 0 aliphatic heterocycles. The molecule has 0 N–H and O–H groups in total. The predicted molar refractivity (Wildman–Crippen MR) is 59.2 cm³/mol. The maximum absolute atomic E-state index is 11.6. The summed E-state index contributed by atoms with van der Waals surface area (Å²) in [6, 6.07) is 1.76. The van der Waals surface area contributed by atoms with Crippen LogP contribution in [0.4, 0.5) is 0 Å². The Hall–Kier alpha value is -0.480. The minimum atomic E-state index is -0.192. The Kier molecular flexibility index (Phi) is 3.13. The summed E-state index contributed by atoms with van der Waals surface area (Å²) in [6.07, 6.45) is 4.55. The summed E-state index contributed by atoms with van der Waals surface area (Å²) < 4.78 is 5.35. The Morgan fingerprint density at radius 2 is 2.21 bits per heavy atom. The third-order valence-electron chi connectivity index (χ3n) is 2.36. The molecular formula is C10H12O2S2. The molecule has 0 radical (unpaired) electrons. The van der Waals surface area contributed by atoms with E-state index < -0.39 is 0 Å². The molecule has 2 nitrogen and oxygen atoms in total. The summed E-state index contributed by atoms with van der Waals surface area (Å²) in [5.41, 5.74) is 0. The van der Waals surface area contributed by atoms with Crippen molar-refractivity contribution in [3.05, 3.63) is 16.3 Å². The second kappa shape index (κ2) is 4.36. The zero-order valence-corrected chi connectivity index (χ0v) is 9.44. The van der Waals surface area contributed by atoms with E-state index in [1.807, 2.05) is 5.38 Å². The minimum absolute atomic E-state index is 0.146. The molecule has 1 aliphatic rings. The number of rotatable bonds is 2. The summed E-state index contributed by atoms with van der Waals surface area (Å²) in [7, 11) is 0. The van der Waals surface area contributed by atoms with Crippen molar-refractivity contribution >= 4 is 29.9 Å². The fraction of sp³-hybridized carbons (Fsp3) is 0.500. The summed E-state index contributed by atoms with van der Waals surface area (Å²) in [4.78, 5) is 13.0. The number of hydrogen-bond donors (Lipinski definition) is 1. The number of hydrogen-bond acceptors (Lipinski definition) is 4. The van der Waals surface area contributed by atoms with E-state index in [0.717, 1.165) is 17.7 Å². The molecule has 0 bridgehead atoms. The highest BCUT2D eigenvalue weighted by Gasteiger charge is 2.20. The fourth-order valence-corrected chi connectivity index (χ4v) is 2.68. The summed E-state index contributed by atoms with van der Waals surface area (Å²) in [6.45, 7) is 0. The molecule has 0 aromatic carbocycles. The molecule has 1 fully saturated rings. The molecule has 0 spiro atoms. The molecule has 2 rings (SSSR count). The number of thiophene rings is 1. The third-order valence-corrected chi connectivity index (χ3v) is 3.71. The van der Waals surface area contributed by atoms with Crippen molar-refractivity contribution in [1.82, 2.24) is 0 Å². The summed E-state index contributed by atoms with van der Waals surface area (Å²) >= 11 is 5.54. The normalized spacial score (nSPS) is 17.2. The van der Waals surface area contributed by atoms with Gasteiger partial charge in [0.25, 0.3) is 0 Å². The van der Waals surface area contributed by atoms with Gasteiger partial charge in [-0.25, -0.2) is 4.79 Å². The average molecular weight is 228 g/mol. The lowest BCUT2D eigenvalue weighted by Gasteiger charge is -2.09. The second-order valence-corrected chi connectivity index (χ2v) is 4.91. The Labute approximate surface area is 92.7 Å². The summed E-state index contributed by atoms with van der Waals surface area (Å²) in [5, 5.41) is 1.84. The van der Waals surface area contributed by atoms with Crippen LogP contribution in [0, 0.1) is 0 Å². The number of esters is 1. The van der Waals surface area contributed by atoms with Crippen LogP contribution >= 0.6 is 24.0 Å². The van der Waals surface area contributed by atoms with Crippen LogP contribution in [0.3, 0.4) is 0 Å². The first-order valence-electron chi connectivity index (χ1n) is 4.74. The maximum Gasteiger partial charge on any atom is 0.348 e. The first-order valence-corrected chi connectivity index (χ1v) is 6.07. The maximum atomic E-state index is 11.6. The highest BCUT2D eigenvalue weighted by atomic mass is 32.1. The molecule has 1 aliphatic carbocycles. The van der Waals surface area contributed by atoms with Crippen LogP contribution in [0.5, 0.6) is 0 Å². The van der Waals surface area contributed by atoms with Crippen LogP contribution in [0.15, 0.2) is 16.3 Å². The van der Waals surface area contributed by atoms with E-state index in [1.165, 1.54) is 24.2 Å². The van der Waals surface area contributed by atoms with Crippen LogP contribution < -0.4 is 0 Å². The first kappa shape index (κ1) is 10.1. The van der Waals surface area contributed by atoms with E-state index in [-0.39, 0.29) is 12.1 Å². The van der Waals surface area contributed by atoms with Gasteiger partial charge in [0.05, 0.1) is 0 Å². The zero-order chi connectivity index (χ0) is 9.97. The molecule has 14 heavy (non-hydrogen) atoms. The second-order valence-electron chi connectivity index (χ2n) is 3.48. The predicted octanol–water partition coefficient (Wildman–Crippen LogP) is 3.14. The molecule has 0 amide bonds. The Balaban J connectivity index is 1.95. The number of ether oxygens (including phenoxy) is 1. The lowest BCUT2D eigenvalue weighted by atomic mass is 10.3. The topological polar surface area (TPSA) is 26.3 Å². The van der Waals surface area contributed by atoms with Crippen LogP contribution in [-0.4, -0.2) is 12.1 Å². The van der Waals surface area contributed by atoms with E-state index >= 15 is 0 Å². The van der Waals surface area contributed by atoms with E-state index in [4.69, 9.17) is 4.74 Å². The third kappa shape index (κ3) is 2.30. The van der Waals surface area contributed by atoms with Gasteiger partial charge in [0.1, 0.15) is 11.0 Å². The highest BCUT2D eigenvalue weighted by Crippen LogP contribution is 2.24. The number of carbonyl (C=O) groups is 1. The molecule has 1 saturated carbocycles. The van der Waals surface area contributed by atoms with Crippen LogP contribution in [0.2, 0.25) is 0 Å². The number of thiol groups is 1. The number of carbonyl (C=O) groups excluding carboxylic acids is 1. The summed E-state index contributed by atoms with van der Waals surface area (Å²) in [5.74, 6) is -0.192. The van der Waals surface area contributed by atoms with Crippen LogP contribution in [-0.2, 0) is 4.74 Å². The largest absolute Gasteiger partial charge is 0.458 e. The highest BCUT2D eigenvalue weighted by molar-refractivity contribution is 7.80. The zero-order valence-electron chi connectivity index (χ0n) is 7.73. The molecular weight excluding hydrogens is 216 g/mol. The van der Waals surface area contributed by atoms with Gasteiger partial charge in [-0.2, -0.15) is 0 Å². The molecule has 1 aromatic rings. The van der Waals surface area contributed by atoms with Gasteiger partial charge in [0, 0.05) is 10.3 Å². The van der Waals surface area contributed by atoms with Crippen LogP contribution in [0.1, 0.15) is 35.4 Å². The first-order chi connectivity index (χ1) is 6.75. The van der Waals surface area contributed by atoms with Gasteiger partial charge in [-0.3, -0.25) is 0 Å². The molecule has 1 aromatic heterocycles. The lowest BCUT2D eigenvalue weighted by molar-refractivity contribution is 0.0323. The van der Waals surface area contributed by atoms with Gasteiger partial charge >= 0.3 is 5.97 Å². The van der Waals surface area contributed by atoms with Crippen molar-refractivity contribution in [3.8, 4) is 0 Å². The molecule has 0 atom stereocenters. The van der Waals surface area contributed by atoms with Crippen molar-refractivity contribution in [2.45, 2.75) is 36.7 Å². The standard InChI is InChI=1S/C10H12O2S2/c11-10(9-5-8(13)6-14-9)12-7-3-1-2-4-7/h5-7,13H,1-4H2. The van der Waals surface area contributed by atoms with Gasteiger partial charge in [0.15, 0.2) is 0 Å². The van der Waals surface area contributed by atoms with Gasteiger partial charge in [-0.05, 0) is 31.7 Å². The van der Waals surface area contributed by atoms with E-state index in [1.54, 1.807) is 6.07 Å². The van der Waals surface area contributed by atoms with Gasteiger partial charge < -0.3 is 4.74 Å². The van der Waals surface area contributed by atoms with Gasteiger partial charge in [-0.1, -0.05) is 0 Å². The van der Waals surface area contributed by atoms with Crippen molar-refractivity contribution in [2.24, 2.45) is 0 Å². The van der Waals surface area contributed by atoms with Crippen molar-refractivity contribution in [2.75, 3.05) is 0 Å². The lowest BCUT2D eigenvalue weighted by Crippen LogP contribution is -2.13. The Bertz CT molecular complexity index is 327. The molecule has 0 saturated heterocycles. The quantitative estimate of drug-likeness (QED) is 0.621. The molecule has 1 heterocycles. The molecule has 76 valence electrons. The smallest absolute Gasteiger partial charge is 0.348 e. The van der Waals surface area contributed by atoms with E-state index in [0.29, 0.717) is 4.88 Å². The average Bonchev–Trinajstić information content (AvgIpc) is 2.75. The SMILES string of the molecule is O=C(OC1CCCC1)c1cc(S)cs1. The van der Waals surface area contributed by atoms with Crippen molar-refractivity contribution in [3.63, 3.8) is 0 Å². The van der Waals surface area contributed by atoms with Gasteiger partial charge in [0.2, 0.25) is 0 Å². The van der Waals surface area contributed by atoms with E-state index in [2.05, 4.69) is 12.6 Å². The molecule has 0 unspecified atom stereocenters. The van der Waals surface area contributed by atoms with E-state index in [9.17, 15) is 4.79 Å².